The lowest BCUT2D eigenvalue weighted by Gasteiger charge is -2.27. The standard InChI is InChI=1S/C15H27NO2/c1-13(7-8-14-6-4-11-18-14)16-12-15(2,3)9-5-10-17/h4,6,11,13,16-17H,5,7-10,12H2,1-3H3. The molecule has 0 spiro atoms. The molecule has 104 valence electrons. The largest absolute Gasteiger partial charge is 0.469 e. The second-order valence-corrected chi connectivity index (χ2v) is 5.89. The summed E-state index contributed by atoms with van der Waals surface area (Å²) in [5, 5.41) is 12.4. The molecule has 1 aromatic heterocycles. The molecule has 0 aliphatic rings. The van der Waals surface area contributed by atoms with Crippen LogP contribution in [0.2, 0.25) is 0 Å². The molecule has 1 heterocycles. The maximum Gasteiger partial charge on any atom is 0.103 e. The first kappa shape index (κ1) is 15.3. The van der Waals surface area contributed by atoms with Crippen LogP contribution in [0.4, 0.5) is 0 Å². The maximum atomic E-state index is 8.87. The fourth-order valence-corrected chi connectivity index (χ4v) is 2.01. The number of rotatable bonds is 9. The first-order chi connectivity index (χ1) is 8.53. The lowest BCUT2D eigenvalue weighted by Crippen LogP contribution is -2.35. The summed E-state index contributed by atoms with van der Waals surface area (Å²) in [5.74, 6) is 1.06. The Morgan fingerprint density at radius 1 is 1.44 bits per heavy atom. The van der Waals surface area contributed by atoms with Gasteiger partial charge in [-0.25, -0.2) is 0 Å². The minimum absolute atomic E-state index is 0.252. The first-order valence-corrected chi connectivity index (χ1v) is 6.90. The Kier molecular flexibility index (Phi) is 6.44. The molecular formula is C15H27NO2. The second kappa shape index (κ2) is 7.59. The van der Waals surface area contributed by atoms with E-state index in [0.717, 1.165) is 38.0 Å². The Hall–Kier alpha value is -0.800. The molecule has 2 N–H and O–H groups in total. The molecular weight excluding hydrogens is 226 g/mol. The Bertz CT molecular complexity index is 306. The van der Waals surface area contributed by atoms with Gasteiger partial charge in [-0.3, -0.25) is 0 Å². The molecule has 0 saturated heterocycles. The van der Waals surface area contributed by atoms with E-state index in [4.69, 9.17) is 9.52 Å². The lowest BCUT2D eigenvalue weighted by atomic mass is 9.87. The second-order valence-electron chi connectivity index (χ2n) is 5.89. The van der Waals surface area contributed by atoms with Gasteiger partial charge in [0.1, 0.15) is 5.76 Å². The zero-order chi connectivity index (χ0) is 13.4. The number of furan rings is 1. The van der Waals surface area contributed by atoms with Crippen molar-refractivity contribution < 1.29 is 9.52 Å². The van der Waals surface area contributed by atoms with Gasteiger partial charge in [-0.05, 0) is 43.7 Å². The Labute approximate surface area is 111 Å². The summed E-state index contributed by atoms with van der Waals surface area (Å²) in [6.45, 7) is 7.98. The third kappa shape index (κ3) is 6.22. The highest BCUT2D eigenvalue weighted by Gasteiger charge is 2.17. The zero-order valence-corrected chi connectivity index (χ0v) is 11.9. The average molecular weight is 253 g/mol. The van der Waals surface area contributed by atoms with Crippen LogP contribution in [0.5, 0.6) is 0 Å². The molecule has 0 aromatic carbocycles. The summed E-state index contributed by atoms with van der Waals surface area (Å²) >= 11 is 0. The van der Waals surface area contributed by atoms with Crippen molar-refractivity contribution >= 4 is 0 Å². The van der Waals surface area contributed by atoms with E-state index in [2.05, 4.69) is 26.1 Å². The van der Waals surface area contributed by atoms with Crippen LogP contribution in [0.3, 0.4) is 0 Å². The van der Waals surface area contributed by atoms with Crippen molar-refractivity contribution in [1.82, 2.24) is 5.32 Å². The zero-order valence-electron chi connectivity index (χ0n) is 11.9. The van der Waals surface area contributed by atoms with Crippen LogP contribution in [-0.2, 0) is 6.42 Å². The molecule has 0 aliphatic heterocycles. The summed E-state index contributed by atoms with van der Waals surface area (Å²) in [4.78, 5) is 0. The van der Waals surface area contributed by atoms with Crippen molar-refractivity contribution in [1.29, 1.82) is 0 Å². The van der Waals surface area contributed by atoms with Crippen molar-refractivity contribution in [2.24, 2.45) is 5.41 Å². The van der Waals surface area contributed by atoms with Gasteiger partial charge in [0.15, 0.2) is 0 Å². The number of hydrogen-bond acceptors (Lipinski definition) is 3. The number of hydrogen-bond donors (Lipinski definition) is 2. The van der Waals surface area contributed by atoms with Gasteiger partial charge in [0.05, 0.1) is 6.26 Å². The van der Waals surface area contributed by atoms with Crippen LogP contribution < -0.4 is 5.32 Å². The van der Waals surface area contributed by atoms with Crippen molar-refractivity contribution in [3.8, 4) is 0 Å². The third-order valence-corrected chi connectivity index (χ3v) is 3.34. The molecule has 3 heteroatoms. The summed E-state index contributed by atoms with van der Waals surface area (Å²) in [7, 11) is 0. The predicted octanol–water partition coefficient (Wildman–Crippen LogP) is 2.99. The van der Waals surface area contributed by atoms with Gasteiger partial charge in [-0.1, -0.05) is 13.8 Å². The highest BCUT2D eigenvalue weighted by Crippen LogP contribution is 2.21. The van der Waals surface area contributed by atoms with E-state index >= 15 is 0 Å². The summed E-state index contributed by atoms with van der Waals surface area (Å²) in [6.07, 6.45) is 5.74. The molecule has 0 aliphatic carbocycles. The summed E-state index contributed by atoms with van der Waals surface area (Å²) in [6, 6.07) is 4.45. The first-order valence-electron chi connectivity index (χ1n) is 6.90. The van der Waals surface area contributed by atoms with Crippen LogP contribution in [-0.4, -0.2) is 24.3 Å². The summed E-state index contributed by atoms with van der Waals surface area (Å²) in [5.41, 5.74) is 0.252. The Morgan fingerprint density at radius 3 is 2.83 bits per heavy atom. The Balaban J connectivity index is 2.17. The molecule has 1 unspecified atom stereocenters. The molecule has 0 amide bonds. The van der Waals surface area contributed by atoms with E-state index in [9.17, 15) is 0 Å². The van der Waals surface area contributed by atoms with Crippen LogP contribution in [0.15, 0.2) is 22.8 Å². The molecule has 0 saturated carbocycles. The van der Waals surface area contributed by atoms with E-state index < -0.39 is 0 Å². The van der Waals surface area contributed by atoms with Crippen LogP contribution in [0.1, 0.15) is 45.8 Å². The monoisotopic (exact) mass is 253 g/mol. The van der Waals surface area contributed by atoms with E-state index in [-0.39, 0.29) is 12.0 Å². The number of nitrogens with one attached hydrogen (secondary N) is 1. The number of aliphatic hydroxyl groups is 1. The molecule has 1 atom stereocenters. The van der Waals surface area contributed by atoms with Gasteiger partial charge in [-0.15, -0.1) is 0 Å². The third-order valence-electron chi connectivity index (χ3n) is 3.34. The molecule has 3 nitrogen and oxygen atoms in total. The van der Waals surface area contributed by atoms with Crippen molar-refractivity contribution in [3.63, 3.8) is 0 Å². The molecule has 0 bridgehead atoms. The number of aryl methyl sites for hydroxylation is 1. The maximum absolute atomic E-state index is 8.87. The van der Waals surface area contributed by atoms with Crippen LogP contribution in [0, 0.1) is 5.41 Å². The molecule has 0 fully saturated rings. The van der Waals surface area contributed by atoms with Crippen molar-refractivity contribution in [3.05, 3.63) is 24.2 Å². The lowest BCUT2D eigenvalue weighted by molar-refractivity contribution is 0.231. The topological polar surface area (TPSA) is 45.4 Å². The van der Waals surface area contributed by atoms with Crippen molar-refractivity contribution in [2.75, 3.05) is 13.2 Å². The van der Waals surface area contributed by atoms with Gasteiger partial charge >= 0.3 is 0 Å². The van der Waals surface area contributed by atoms with Crippen molar-refractivity contribution in [2.45, 2.75) is 52.5 Å². The minimum atomic E-state index is 0.252. The van der Waals surface area contributed by atoms with Gasteiger partial charge in [0.25, 0.3) is 0 Å². The highest BCUT2D eigenvalue weighted by atomic mass is 16.3. The van der Waals surface area contributed by atoms with Crippen LogP contribution in [0.25, 0.3) is 0 Å². The fourth-order valence-electron chi connectivity index (χ4n) is 2.01. The molecule has 1 aromatic rings. The molecule has 0 radical (unpaired) electrons. The normalized spacial score (nSPS) is 13.8. The van der Waals surface area contributed by atoms with E-state index in [1.165, 1.54) is 0 Å². The summed E-state index contributed by atoms with van der Waals surface area (Å²) < 4.78 is 5.33. The smallest absolute Gasteiger partial charge is 0.103 e. The van der Waals surface area contributed by atoms with E-state index in [1.807, 2.05) is 12.1 Å². The van der Waals surface area contributed by atoms with Crippen LogP contribution >= 0.6 is 0 Å². The van der Waals surface area contributed by atoms with Gasteiger partial charge in [-0.2, -0.15) is 0 Å². The quantitative estimate of drug-likeness (QED) is 0.711. The predicted molar refractivity (Wildman–Crippen MR) is 74.6 cm³/mol. The average Bonchev–Trinajstić information content (AvgIpc) is 2.84. The fraction of sp³-hybridized carbons (Fsp3) is 0.733. The van der Waals surface area contributed by atoms with E-state index in [1.54, 1.807) is 6.26 Å². The van der Waals surface area contributed by atoms with Gasteiger partial charge in [0, 0.05) is 25.6 Å². The van der Waals surface area contributed by atoms with Gasteiger partial charge in [0.2, 0.25) is 0 Å². The number of aliphatic hydroxyl groups excluding tert-OH is 1. The SMILES string of the molecule is CC(CCc1ccco1)NCC(C)(C)CCCO. The highest BCUT2D eigenvalue weighted by molar-refractivity contribution is 4.98. The Morgan fingerprint density at radius 2 is 2.22 bits per heavy atom. The molecule has 18 heavy (non-hydrogen) atoms. The minimum Gasteiger partial charge on any atom is -0.469 e. The molecule has 1 rings (SSSR count). The van der Waals surface area contributed by atoms with E-state index in [0.29, 0.717) is 6.04 Å². The van der Waals surface area contributed by atoms with Gasteiger partial charge < -0.3 is 14.8 Å².